The summed E-state index contributed by atoms with van der Waals surface area (Å²) in [5.74, 6) is -0.160. The average molecular weight is 454 g/mol. The number of nitrogens with zero attached hydrogens (tertiary/aromatic N) is 2. The number of aryl methyl sites for hydroxylation is 1. The van der Waals surface area contributed by atoms with Crippen LogP contribution in [0.2, 0.25) is 0 Å². The third-order valence-corrected chi connectivity index (χ3v) is 8.02. The van der Waals surface area contributed by atoms with Gasteiger partial charge < -0.3 is 4.98 Å². The number of hydrogen-bond donors (Lipinski definition) is 1. The second-order valence-electron chi connectivity index (χ2n) is 8.29. The van der Waals surface area contributed by atoms with Crippen LogP contribution in [0, 0.1) is 13.8 Å². The Morgan fingerprint density at radius 3 is 2.25 bits per heavy atom. The summed E-state index contributed by atoms with van der Waals surface area (Å²) in [6.45, 7) is 6.83. The van der Waals surface area contributed by atoms with Crippen LogP contribution in [0.1, 0.15) is 39.0 Å². The number of benzene rings is 2. The van der Waals surface area contributed by atoms with E-state index in [0.29, 0.717) is 48.7 Å². The van der Waals surface area contributed by atoms with E-state index in [9.17, 15) is 18.0 Å². The van der Waals surface area contributed by atoms with Gasteiger partial charge in [-0.3, -0.25) is 14.5 Å². The van der Waals surface area contributed by atoms with Crippen molar-refractivity contribution in [3.8, 4) is 0 Å². The fourth-order valence-electron chi connectivity index (χ4n) is 4.44. The molecule has 0 bridgehead atoms. The molecule has 4 rings (SSSR count). The SMILES string of the molecule is CC(=O)c1c(C)[nH]c(C(=O)CN2CCN(S(=O)(=O)c3ccc4ccccc4c3)CC2)c1C. The quantitative estimate of drug-likeness (QED) is 0.579. The number of sulfonamides is 1. The molecule has 0 saturated carbocycles. The smallest absolute Gasteiger partial charge is 0.243 e. The number of carbonyl (C=O) groups is 2. The molecular weight excluding hydrogens is 426 g/mol. The topological polar surface area (TPSA) is 90.6 Å². The second kappa shape index (κ2) is 8.61. The lowest BCUT2D eigenvalue weighted by Crippen LogP contribution is -2.49. The lowest BCUT2D eigenvalue weighted by Gasteiger charge is -2.33. The van der Waals surface area contributed by atoms with Crippen molar-refractivity contribution in [1.29, 1.82) is 0 Å². The van der Waals surface area contributed by atoms with Crippen LogP contribution in [0.25, 0.3) is 10.8 Å². The summed E-state index contributed by atoms with van der Waals surface area (Å²) in [6.07, 6.45) is 0. The van der Waals surface area contributed by atoms with Crippen LogP contribution < -0.4 is 0 Å². The van der Waals surface area contributed by atoms with Crippen LogP contribution in [-0.4, -0.2) is 66.9 Å². The van der Waals surface area contributed by atoms with Gasteiger partial charge in [-0.25, -0.2) is 8.42 Å². The number of ketones is 2. The molecule has 1 fully saturated rings. The predicted molar refractivity (Wildman–Crippen MR) is 124 cm³/mol. The minimum Gasteiger partial charge on any atom is -0.355 e. The minimum atomic E-state index is -3.60. The van der Waals surface area contributed by atoms with Crippen molar-refractivity contribution in [2.24, 2.45) is 0 Å². The molecule has 1 aliphatic rings. The van der Waals surface area contributed by atoms with E-state index < -0.39 is 10.0 Å². The summed E-state index contributed by atoms with van der Waals surface area (Å²) in [6, 6.07) is 12.9. The highest BCUT2D eigenvalue weighted by Crippen LogP contribution is 2.23. The maximum Gasteiger partial charge on any atom is 0.243 e. The fourth-order valence-corrected chi connectivity index (χ4v) is 5.90. The van der Waals surface area contributed by atoms with Crippen molar-refractivity contribution >= 4 is 32.4 Å². The van der Waals surface area contributed by atoms with Gasteiger partial charge in [0, 0.05) is 37.4 Å². The Balaban J connectivity index is 1.43. The number of piperazine rings is 1. The van der Waals surface area contributed by atoms with Crippen molar-refractivity contribution < 1.29 is 18.0 Å². The average Bonchev–Trinajstić information content (AvgIpc) is 3.08. The highest BCUT2D eigenvalue weighted by Gasteiger charge is 2.30. The first kappa shape index (κ1) is 22.4. The van der Waals surface area contributed by atoms with Gasteiger partial charge in [0.1, 0.15) is 0 Å². The molecule has 1 saturated heterocycles. The zero-order valence-electron chi connectivity index (χ0n) is 18.5. The number of aromatic nitrogens is 1. The number of fused-ring (bicyclic) bond motifs is 1. The monoisotopic (exact) mass is 453 g/mol. The molecule has 0 spiro atoms. The predicted octanol–water partition coefficient (Wildman–Crippen LogP) is 3.18. The number of rotatable bonds is 6. The molecule has 8 heteroatoms. The Morgan fingerprint density at radius 2 is 1.62 bits per heavy atom. The Hall–Kier alpha value is -2.81. The molecule has 0 atom stereocenters. The van der Waals surface area contributed by atoms with Gasteiger partial charge in [0.15, 0.2) is 11.6 Å². The molecule has 168 valence electrons. The summed E-state index contributed by atoms with van der Waals surface area (Å²) < 4.78 is 27.7. The van der Waals surface area contributed by atoms with E-state index in [4.69, 9.17) is 0 Å². The molecule has 0 amide bonds. The third-order valence-electron chi connectivity index (χ3n) is 6.13. The summed E-state index contributed by atoms with van der Waals surface area (Å²) in [7, 11) is -3.60. The number of hydrogen-bond acceptors (Lipinski definition) is 5. The first-order valence-corrected chi connectivity index (χ1v) is 12.1. The van der Waals surface area contributed by atoms with Gasteiger partial charge >= 0.3 is 0 Å². The van der Waals surface area contributed by atoms with E-state index in [2.05, 4.69) is 4.98 Å². The van der Waals surface area contributed by atoms with Crippen LogP contribution >= 0.6 is 0 Å². The van der Waals surface area contributed by atoms with E-state index in [1.165, 1.54) is 11.2 Å². The molecule has 32 heavy (non-hydrogen) atoms. The zero-order valence-corrected chi connectivity index (χ0v) is 19.3. The van der Waals surface area contributed by atoms with Gasteiger partial charge in [-0.2, -0.15) is 4.31 Å². The van der Waals surface area contributed by atoms with Crippen molar-refractivity contribution in [3.05, 3.63) is 65.0 Å². The van der Waals surface area contributed by atoms with E-state index in [0.717, 1.165) is 10.8 Å². The molecule has 1 N–H and O–H groups in total. The summed E-state index contributed by atoms with van der Waals surface area (Å²) in [5, 5.41) is 1.89. The van der Waals surface area contributed by atoms with Crippen molar-refractivity contribution in [1.82, 2.24) is 14.2 Å². The maximum absolute atomic E-state index is 13.1. The number of nitrogens with one attached hydrogen (secondary N) is 1. The highest BCUT2D eigenvalue weighted by atomic mass is 32.2. The van der Waals surface area contributed by atoms with Crippen LogP contribution in [0.4, 0.5) is 0 Å². The van der Waals surface area contributed by atoms with Crippen LogP contribution in [-0.2, 0) is 10.0 Å². The van der Waals surface area contributed by atoms with Crippen LogP contribution in [0.3, 0.4) is 0 Å². The van der Waals surface area contributed by atoms with Gasteiger partial charge in [0.25, 0.3) is 0 Å². The third kappa shape index (κ3) is 4.13. The molecule has 0 unspecified atom stereocenters. The van der Waals surface area contributed by atoms with Gasteiger partial charge in [-0.15, -0.1) is 0 Å². The zero-order chi connectivity index (χ0) is 23.0. The highest BCUT2D eigenvalue weighted by molar-refractivity contribution is 7.89. The first-order valence-electron chi connectivity index (χ1n) is 10.6. The normalized spacial score (nSPS) is 15.8. The second-order valence-corrected chi connectivity index (χ2v) is 10.2. The molecule has 1 aromatic heterocycles. The van der Waals surface area contributed by atoms with Crippen molar-refractivity contribution in [2.75, 3.05) is 32.7 Å². The molecule has 2 heterocycles. The van der Waals surface area contributed by atoms with Gasteiger partial charge in [0.05, 0.1) is 17.1 Å². The molecule has 2 aromatic carbocycles. The molecule has 0 radical (unpaired) electrons. The summed E-state index contributed by atoms with van der Waals surface area (Å²) in [4.78, 5) is 30.0. The maximum atomic E-state index is 13.1. The number of aromatic amines is 1. The lowest BCUT2D eigenvalue weighted by molar-refractivity contribution is 0.0896. The van der Waals surface area contributed by atoms with Crippen LogP contribution in [0.5, 0.6) is 0 Å². The number of H-pyrrole nitrogens is 1. The molecular formula is C24H27N3O4S. The first-order chi connectivity index (χ1) is 15.2. The Bertz CT molecular complexity index is 1300. The van der Waals surface area contributed by atoms with E-state index in [1.54, 1.807) is 26.0 Å². The summed E-state index contributed by atoms with van der Waals surface area (Å²) >= 11 is 0. The van der Waals surface area contributed by atoms with Crippen molar-refractivity contribution in [3.63, 3.8) is 0 Å². The molecule has 0 aliphatic carbocycles. The fraction of sp³-hybridized carbons (Fsp3) is 0.333. The number of carbonyl (C=O) groups excluding carboxylic acids is 2. The lowest BCUT2D eigenvalue weighted by atomic mass is 10.1. The van der Waals surface area contributed by atoms with E-state index >= 15 is 0 Å². The van der Waals surface area contributed by atoms with Gasteiger partial charge in [-0.1, -0.05) is 30.3 Å². The standard InChI is InChI=1S/C24H27N3O4S/c1-16-23(18(3)28)17(2)25-24(16)22(29)15-26-10-12-27(13-11-26)32(30,31)21-9-8-19-6-4-5-7-20(19)14-21/h4-9,14,25H,10-13,15H2,1-3H3. The minimum absolute atomic E-state index is 0.0668. The Kier molecular flexibility index (Phi) is 6.03. The van der Waals surface area contributed by atoms with Gasteiger partial charge in [0.2, 0.25) is 10.0 Å². The van der Waals surface area contributed by atoms with Crippen LogP contribution in [0.15, 0.2) is 47.4 Å². The molecule has 1 aliphatic heterocycles. The van der Waals surface area contributed by atoms with Crippen molar-refractivity contribution in [2.45, 2.75) is 25.7 Å². The number of Topliss-reactive ketones (excluding diaryl/α,β-unsaturated/α-hetero) is 2. The largest absolute Gasteiger partial charge is 0.355 e. The van der Waals surface area contributed by atoms with Gasteiger partial charge in [-0.05, 0) is 49.2 Å². The van der Waals surface area contributed by atoms with E-state index in [1.807, 2.05) is 35.2 Å². The summed E-state index contributed by atoms with van der Waals surface area (Å²) in [5.41, 5.74) is 2.40. The Morgan fingerprint density at radius 1 is 0.969 bits per heavy atom. The van der Waals surface area contributed by atoms with E-state index in [-0.39, 0.29) is 23.0 Å². The Labute approximate surface area is 188 Å². The molecule has 3 aromatic rings. The molecule has 7 nitrogen and oxygen atoms in total.